The first-order valence-electron chi connectivity index (χ1n) is 8.88. The van der Waals surface area contributed by atoms with E-state index in [9.17, 15) is 4.79 Å². The number of likely N-dealkylation sites (N-methyl/N-ethyl adjacent to an activating group) is 1. The highest BCUT2D eigenvalue weighted by molar-refractivity contribution is 5.88. The van der Waals surface area contributed by atoms with E-state index in [0.717, 1.165) is 22.4 Å². The number of methoxy groups -OCH3 is 1. The number of hydrogen-bond donors (Lipinski definition) is 1. The highest BCUT2D eigenvalue weighted by Crippen LogP contribution is 2.50. The molecule has 1 saturated carbocycles. The Hall–Kier alpha value is -1.59. The third-order valence-electron chi connectivity index (χ3n) is 5.70. The van der Waals surface area contributed by atoms with E-state index >= 15 is 0 Å². The molecular weight excluding hydrogens is 316 g/mol. The van der Waals surface area contributed by atoms with Gasteiger partial charge < -0.3 is 20.1 Å². The maximum absolute atomic E-state index is 13.0. The number of nitrogens with two attached hydrogens (primary N) is 1. The lowest BCUT2D eigenvalue weighted by Gasteiger charge is -2.58. The van der Waals surface area contributed by atoms with E-state index in [0.29, 0.717) is 19.6 Å². The van der Waals surface area contributed by atoms with E-state index < -0.39 is 5.54 Å². The van der Waals surface area contributed by atoms with E-state index in [-0.39, 0.29) is 17.4 Å². The molecule has 0 aliphatic heterocycles. The summed E-state index contributed by atoms with van der Waals surface area (Å²) in [6.07, 6.45) is 0.600. The Morgan fingerprint density at radius 2 is 1.88 bits per heavy atom. The summed E-state index contributed by atoms with van der Waals surface area (Å²) < 4.78 is 11.1. The molecule has 2 atom stereocenters. The third kappa shape index (κ3) is 3.27. The van der Waals surface area contributed by atoms with Crippen molar-refractivity contribution >= 4 is 5.91 Å². The molecule has 0 spiro atoms. The van der Waals surface area contributed by atoms with E-state index in [2.05, 4.69) is 12.1 Å². The summed E-state index contributed by atoms with van der Waals surface area (Å²) in [5.74, 6) is 0.868. The Morgan fingerprint density at radius 1 is 1.32 bits per heavy atom. The number of rotatable bonds is 6. The quantitative estimate of drug-likeness (QED) is 0.858. The average Bonchev–Trinajstić information content (AvgIpc) is 2.53. The van der Waals surface area contributed by atoms with Crippen LogP contribution in [0.5, 0.6) is 5.75 Å². The molecular formula is C20H32N2O3. The Bertz CT molecular complexity index is 633. The maximum atomic E-state index is 13.0. The first-order valence-corrected chi connectivity index (χ1v) is 8.88. The molecule has 0 radical (unpaired) electrons. The number of nitrogens with zero attached hydrogens (tertiary/aromatic N) is 1. The molecule has 1 fully saturated rings. The summed E-state index contributed by atoms with van der Waals surface area (Å²) in [5, 5.41) is 0. The largest absolute Gasteiger partial charge is 0.496 e. The van der Waals surface area contributed by atoms with Crippen LogP contribution in [0.1, 0.15) is 43.9 Å². The van der Waals surface area contributed by atoms with Gasteiger partial charge in [-0.25, -0.2) is 0 Å². The van der Waals surface area contributed by atoms with Crippen LogP contribution in [0.25, 0.3) is 0 Å². The fourth-order valence-corrected chi connectivity index (χ4v) is 3.94. The number of aryl methyl sites for hydroxylation is 2. The van der Waals surface area contributed by atoms with E-state index in [1.807, 2.05) is 41.7 Å². The van der Waals surface area contributed by atoms with Gasteiger partial charge in [-0.3, -0.25) is 4.79 Å². The van der Waals surface area contributed by atoms with Crippen molar-refractivity contribution in [2.45, 2.75) is 59.2 Å². The molecule has 2 unspecified atom stereocenters. The van der Waals surface area contributed by atoms with Gasteiger partial charge >= 0.3 is 0 Å². The van der Waals surface area contributed by atoms with Crippen LogP contribution < -0.4 is 10.5 Å². The number of carbonyl (C=O) groups excluding carboxylic acids is 1. The standard InChI is InChI=1S/C20H32N2O3/c1-8-25-16-11-20(21,19(16,4)5)18(23)22(6)12-15-9-13(2)17(24-7)14(3)10-15/h9-10,16H,8,11-12,21H2,1-7H3. The third-order valence-corrected chi connectivity index (χ3v) is 5.70. The van der Waals surface area contributed by atoms with Crippen molar-refractivity contribution in [1.29, 1.82) is 0 Å². The first kappa shape index (κ1) is 19.7. The summed E-state index contributed by atoms with van der Waals surface area (Å²) >= 11 is 0. The van der Waals surface area contributed by atoms with Gasteiger partial charge in [0.15, 0.2) is 0 Å². The zero-order valence-corrected chi connectivity index (χ0v) is 16.6. The van der Waals surface area contributed by atoms with E-state index in [1.165, 1.54) is 0 Å². The van der Waals surface area contributed by atoms with Crippen molar-refractivity contribution in [2.75, 3.05) is 20.8 Å². The van der Waals surface area contributed by atoms with Crippen LogP contribution >= 0.6 is 0 Å². The maximum Gasteiger partial charge on any atom is 0.243 e. The Kier molecular flexibility index (Phi) is 5.50. The summed E-state index contributed by atoms with van der Waals surface area (Å²) in [6.45, 7) is 11.2. The minimum atomic E-state index is -0.877. The molecule has 1 aromatic rings. The van der Waals surface area contributed by atoms with E-state index in [4.69, 9.17) is 15.2 Å². The van der Waals surface area contributed by atoms with Crippen LogP contribution in [0.3, 0.4) is 0 Å². The molecule has 5 heteroatoms. The number of hydrogen-bond acceptors (Lipinski definition) is 4. The molecule has 2 rings (SSSR count). The second-order valence-electron chi connectivity index (χ2n) is 7.77. The van der Waals surface area contributed by atoms with Gasteiger partial charge in [0.2, 0.25) is 5.91 Å². The zero-order valence-electron chi connectivity index (χ0n) is 16.6. The van der Waals surface area contributed by atoms with Gasteiger partial charge in [-0.05, 0) is 37.5 Å². The molecule has 0 bridgehead atoms. The molecule has 1 aromatic carbocycles. The van der Waals surface area contributed by atoms with Crippen LogP contribution in [0.2, 0.25) is 0 Å². The fourth-order valence-electron chi connectivity index (χ4n) is 3.94. The Balaban J connectivity index is 2.14. The SMILES string of the molecule is CCOC1CC(N)(C(=O)N(C)Cc2cc(C)c(OC)c(C)c2)C1(C)C. The van der Waals surface area contributed by atoms with Gasteiger partial charge in [-0.2, -0.15) is 0 Å². The summed E-state index contributed by atoms with van der Waals surface area (Å²) in [5.41, 5.74) is 8.48. The molecule has 2 N–H and O–H groups in total. The Morgan fingerprint density at radius 3 is 2.32 bits per heavy atom. The molecule has 1 aliphatic carbocycles. The lowest BCUT2D eigenvalue weighted by atomic mass is 9.54. The monoisotopic (exact) mass is 348 g/mol. The summed E-state index contributed by atoms with van der Waals surface area (Å²) in [7, 11) is 3.49. The number of amides is 1. The van der Waals surface area contributed by atoms with Crippen LogP contribution in [0, 0.1) is 19.3 Å². The minimum Gasteiger partial charge on any atom is -0.496 e. The summed E-state index contributed by atoms with van der Waals surface area (Å²) in [4.78, 5) is 14.8. The van der Waals surface area contributed by atoms with Crippen LogP contribution in [-0.4, -0.2) is 43.2 Å². The van der Waals surface area contributed by atoms with Gasteiger partial charge in [0.1, 0.15) is 11.3 Å². The number of ether oxygens (including phenoxy) is 2. The minimum absolute atomic E-state index is 0.0282. The second-order valence-corrected chi connectivity index (χ2v) is 7.77. The lowest BCUT2D eigenvalue weighted by molar-refractivity contribution is -0.178. The van der Waals surface area contributed by atoms with Crippen LogP contribution in [0.15, 0.2) is 12.1 Å². The number of carbonyl (C=O) groups is 1. The van der Waals surface area contributed by atoms with Gasteiger partial charge in [0.25, 0.3) is 0 Å². The van der Waals surface area contributed by atoms with Crippen molar-refractivity contribution in [3.05, 3.63) is 28.8 Å². The second kappa shape index (κ2) is 6.96. The smallest absolute Gasteiger partial charge is 0.243 e. The average molecular weight is 348 g/mol. The number of benzene rings is 1. The molecule has 0 aromatic heterocycles. The molecule has 5 nitrogen and oxygen atoms in total. The molecule has 25 heavy (non-hydrogen) atoms. The van der Waals surface area contributed by atoms with Crippen molar-refractivity contribution in [3.8, 4) is 5.75 Å². The molecule has 0 saturated heterocycles. The predicted molar refractivity (Wildman–Crippen MR) is 99.7 cm³/mol. The fraction of sp³-hybridized carbons (Fsp3) is 0.650. The normalized spacial score (nSPS) is 24.6. The van der Waals surface area contributed by atoms with Crippen molar-refractivity contribution < 1.29 is 14.3 Å². The van der Waals surface area contributed by atoms with Gasteiger partial charge in [0, 0.05) is 32.0 Å². The van der Waals surface area contributed by atoms with Crippen LogP contribution in [-0.2, 0) is 16.1 Å². The van der Waals surface area contributed by atoms with Gasteiger partial charge in [-0.15, -0.1) is 0 Å². The Labute approximate surface area is 151 Å². The highest BCUT2D eigenvalue weighted by atomic mass is 16.5. The highest BCUT2D eigenvalue weighted by Gasteiger charge is 2.63. The van der Waals surface area contributed by atoms with Gasteiger partial charge in [0.05, 0.1) is 13.2 Å². The lowest BCUT2D eigenvalue weighted by Crippen LogP contribution is -2.75. The molecule has 140 valence electrons. The van der Waals surface area contributed by atoms with Crippen molar-refractivity contribution in [3.63, 3.8) is 0 Å². The van der Waals surface area contributed by atoms with Gasteiger partial charge in [-0.1, -0.05) is 26.0 Å². The van der Waals surface area contributed by atoms with Crippen LogP contribution in [0.4, 0.5) is 0 Å². The molecule has 0 heterocycles. The topological polar surface area (TPSA) is 64.8 Å². The zero-order chi connectivity index (χ0) is 19.0. The van der Waals surface area contributed by atoms with E-state index in [1.54, 1.807) is 12.0 Å². The predicted octanol–water partition coefficient (Wildman–Crippen LogP) is 2.80. The molecule has 1 aliphatic rings. The van der Waals surface area contributed by atoms with Crippen molar-refractivity contribution in [2.24, 2.45) is 11.1 Å². The summed E-state index contributed by atoms with van der Waals surface area (Å²) in [6, 6.07) is 4.13. The van der Waals surface area contributed by atoms with Crippen molar-refractivity contribution in [1.82, 2.24) is 4.90 Å². The molecule has 1 amide bonds. The first-order chi connectivity index (χ1) is 11.6.